The van der Waals surface area contributed by atoms with Gasteiger partial charge in [0.1, 0.15) is 6.54 Å². The van der Waals surface area contributed by atoms with Gasteiger partial charge in [-0.2, -0.15) is 0 Å². The summed E-state index contributed by atoms with van der Waals surface area (Å²) in [6, 6.07) is 3.59. The van der Waals surface area contributed by atoms with E-state index in [1.165, 1.54) is 0 Å². The first-order valence-electron chi connectivity index (χ1n) is 9.36. The summed E-state index contributed by atoms with van der Waals surface area (Å²) in [5.41, 5.74) is 0.748. The summed E-state index contributed by atoms with van der Waals surface area (Å²) >= 11 is 0. The van der Waals surface area contributed by atoms with Crippen molar-refractivity contribution in [1.82, 2.24) is 15.2 Å². The molecule has 7 nitrogen and oxygen atoms in total. The average molecular weight is 369 g/mol. The molecule has 3 amide bonds. The van der Waals surface area contributed by atoms with Gasteiger partial charge >= 0.3 is 0 Å². The minimum absolute atomic E-state index is 0.0300. The van der Waals surface area contributed by atoms with Crippen LogP contribution in [-0.2, 0) is 20.9 Å². The molecule has 3 aliphatic rings. The second-order valence-electron chi connectivity index (χ2n) is 7.67. The number of rotatable bonds is 6. The molecule has 2 bridgehead atoms. The second-order valence-corrected chi connectivity index (χ2v) is 7.67. The monoisotopic (exact) mass is 369 g/mol. The van der Waals surface area contributed by atoms with Crippen LogP contribution >= 0.6 is 0 Å². The van der Waals surface area contributed by atoms with Crippen molar-refractivity contribution in [2.75, 3.05) is 6.54 Å². The number of pyridine rings is 1. The lowest BCUT2D eigenvalue weighted by Gasteiger charge is -2.17. The first-order valence-corrected chi connectivity index (χ1v) is 9.36. The Labute approximate surface area is 157 Å². The van der Waals surface area contributed by atoms with Crippen LogP contribution in [0.3, 0.4) is 0 Å². The predicted molar refractivity (Wildman–Crippen MR) is 96.3 cm³/mol. The van der Waals surface area contributed by atoms with Gasteiger partial charge in [-0.25, -0.2) is 4.98 Å². The van der Waals surface area contributed by atoms with Crippen molar-refractivity contribution in [2.45, 2.75) is 32.9 Å². The summed E-state index contributed by atoms with van der Waals surface area (Å²) in [7, 11) is 0. The lowest BCUT2D eigenvalue weighted by Crippen LogP contribution is -2.41. The Kier molecular flexibility index (Phi) is 4.45. The Morgan fingerprint density at radius 1 is 1.26 bits per heavy atom. The minimum Gasteiger partial charge on any atom is -0.475 e. The van der Waals surface area contributed by atoms with Gasteiger partial charge in [0.2, 0.25) is 23.6 Å². The summed E-state index contributed by atoms with van der Waals surface area (Å²) in [4.78, 5) is 42.9. The molecule has 1 N–H and O–H groups in total. The molecular formula is C20H23N3O4. The van der Waals surface area contributed by atoms with Crippen LogP contribution in [0.5, 0.6) is 5.88 Å². The number of carbonyl (C=O) groups is 3. The fourth-order valence-corrected chi connectivity index (χ4v) is 4.40. The van der Waals surface area contributed by atoms with Crippen LogP contribution in [-0.4, -0.2) is 40.3 Å². The van der Waals surface area contributed by atoms with Crippen LogP contribution in [0.25, 0.3) is 0 Å². The molecule has 0 aromatic carbocycles. The van der Waals surface area contributed by atoms with E-state index in [-0.39, 0.29) is 60.6 Å². The fraction of sp³-hybridized carbons (Fsp3) is 0.500. The van der Waals surface area contributed by atoms with Crippen LogP contribution < -0.4 is 10.1 Å². The summed E-state index contributed by atoms with van der Waals surface area (Å²) in [5, 5.41) is 2.76. The highest BCUT2D eigenvalue weighted by atomic mass is 16.5. The van der Waals surface area contributed by atoms with E-state index in [1.807, 2.05) is 32.1 Å². The van der Waals surface area contributed by atoms with E-state index in [4.69, 9.17) is 4.74 Å². The smallest absolute Gasteiger partial charge is 0.240 e. The molecule has 4 unspecified atom stereocenters. The molecule has 142 valence electrons. The standard InChI is InChI=1S/C20H23N3O4/c1-11(2)27-18-14(4-3-7-21-18)9-22-15(24)10-23-19(25)16-12-5-6-13(8-12)17(16)20(23)26/h3-7,11-13,16-17H,8-10H2,1-2H3,(H,22,24). The molecule has 1 saturated heterocycles. The Morgan fingerprint density at radius 2 is 1.93 bits per heavy atom. The van der Waals surface area contributed by atoms with Crippen molar-refractivity contribution in [3.8, 4) is 5.88 Å². The number of amides is 3. The molecular weight excluding hydrogens is 346 g/mol. The van der Waals surface area contributed by atoms with Gasteiger partial charge in [0.25, 0.3) is 0 Å². The number of hydrogen-bond donors (Lipinski definition) is 1. The normalized spacial score (nSPS) is 28.2. The van der Waals surface area contributed by atoms with Crippen LogP contribution in [0.2, 0.25) is 0 Å². The zero-order chi connectivity index (χ0) is 19.1. The van der Waals surface area contributed by atoms with Gasteiger partial charge in [0.15, 0.2) is 0 Å². The quantitative estimate of drug-likeness (QED) is 0.603. The van der Waals surface area contributed by atoms with Crippen LogP contribution in [0.15, 0.2) is 30.5 Å². The zero-order valence-corrected chi connectivity index (χ0v) is 15.4. The molecule has 0 spiro atoms. The molecule has 4 atom stereocenters. The highest BCUT2D eigenvalue weighted by Gasteiger charge is 2.59. The van der Waals surface area contributed by atoms with Crippen LogP contribution in [0.1, 0.15) is 25.8 Å². The minimum atomic E-state index is -0.365. The van der Waals surface area contributed by atoms with Gasteiger partial charge in [0.05, 0.1) is 17.9 Å². The number of aromatic nitrogens is 1. The molecule has 2 aliphatic carbocycles. The first kappa shape index (κ1) is 17.7. The van der Waals surface area contributed by atoms with E-state index in [9.17, 15) is 14.4 Å². The lowest BCUT2D eigenvalue weighted by molar-refractivity contribution is -0.144. The van der Waals surface area contributed by atoms with Crippen molar-refractivity contribution >= 4 is 17.7 Å². The van der Waals surface area contributed by atoms with E-state index >= 15 is 0 Å². The number of likely N-dealkylation sites (tertiary alicyclic amines) is 1. The molecule has 2 heterocycles. The van der Waals surface area contributed by atoms with Crippen molar-refractivity contribution in [1.29, 1.82) is 0 Å². The summed E-state index contributed by atoms with van der Waals surface area (Å²) in [5.74, 6) is -0.556. The molecule has 1 aromatic heterocycles. The molecule has 0 radical (unpaired) electrons. The van der Waals surface area contributed by atoms with Crippen molar-refractivity contribution < 1.29 is 19.1 Å². The van der Waals surface area contributed by atoms with Gasteiger partial charge in [-0.15, -0.1) is 0 Å². The number of hydrogen-bond acceptors (Lipinski definition) is 5. The Morgan fingerprint density at radius 3 is 2.56 bits per heavy atom. The predicted octanol–water partition coefficient (Wildman–Crippen LogP) is 1.29. The van der Waals surface area contributed by atoms with Gasteiger partial charge in [-0.3, -0.25) is 19.3 Å². The highest BCUT2D eigenvalue weighted by molar-refractivity contribution is 6.08. The molecule has 7 heteroatoms. The molecule has 2 fully saturated rings. The summed E-state index contributed by atoms with van der Waals surface area (Å²) in [6.07, 6.45) is 6.56. The molecule has 27 heavy (non-hydrogen) atoms. The van der Waals surface area contributed by atoms with Crippen molar-refractivity contribution in [2.24, 2.45) is 23.7 Å². The Hall–Kier alpha value is -2.70. The fourth-order valence-electron chi connectivity index (χ4n) is 4.40. The average Bonchev–Trinajstić information content (AvgIpc) is 3.30. The Balaban J connectivity index is 1.37. The van der Waals surface area contributed by atoms with Gasteiger partial charge in [-0.05, 0) is 38.2 Å². The number of carbonyl (C=O) groups excluding carboxylic acids is 3. The zero-order valence-electron chi connectivity index (χ0n) is 15.4. The van der Waals surface area contributed by atoms with Crippen LogP contribution in [0, 0.1) is 23.7 Å². The summed E-state index contributed by atoms with van der Waals surface area (Å²) in [6.45, 7) is 3.80. The molecule has 1 saturated carbocycles. The van der Waals surface area contributed by atoms with Crippen molar-refractivity contribution in [3.63, 3.8) is 0 Å². The van der Waals surface area contributed by atoms with Crippen LogP contribution in [0.4, 0.5) is 0 Å². The maximum atomic E-state index is 12.6. The van der Waals surface area contributed by atoms with E-state index in [0.29, 0.717) is 5.88 Å². The van der Waals surface area contributed by atoms with E-state index in [2.05, 4.69) is 10.3 Å². The SMILES string of the molecule is CC(C)Oc1ncccc1CNC(=O)CN1C(=O)C2C3C=CC(C3)C2C1=O. The maximum Gasteiger partial charge on any atom is 0.240 e. The number of allylic oxidation sites excluding steroid dienone is 2. The maximum absolute atomic E-state index is 12.6. The Bertz CT molecular complexity index is 789. The highest BCUT2D eigenvalue weighted by Crippen LogP contribution is 2.52. The van der Waals surface area contributed by atoms with Crippen molar-refractivity contribution in [3.05, 3.63) is 36.0 Å². The first-order chi connectivity index (χ1) is 13.0. The number of nitrogens with one attached hydrogen (secondary N) is 1. The molecule has 4 rings (SSSR count). The largest absolute Gasteiger partial charge is 0.475 e. The number of ether oxygens (including phenoxy) is 1. The van der Waals surface area contributed by atoms with Gasteiger partial charge in [-0.1, -0.05) is 18.2 Å². The van der Waals surface area contributed by atoms with E-state index < -0.39 is 0 Å². The summed E-state index contributed by atoms with van der Waals surface area (Å²) < 4.78 is 5.64. The number of imide groups is 1. The third kappa shape index (κ3) is 3.11. The third-order valence-corrected chi connectivity index (χ3v) is 5.54. The molecule has 1 aromatic rings. The van der Waals surface area contributed by atoms with Gasteiger partial charge in [0, 0.05) is 18.3 Å². The number of fused-ring (bicyclic) bond motifs is 5. The number of nitrogens with zero attached hydrogens (tertiary/aromatic N) is 2. The molecule has 1 aliphatic heterocycles. The van der Waals surface area contributed by atoms with E-state index in [0.717, 1.165) is 16.9 Å². The topological polar surface area (TPSA) is 88.6 Å². The van der Waals surface area contributed by atoms with E-state index in [1.54, 1.807) is 12.3 Å². The third-order valence-electron chi connectivity index (χ3n) is 5.54. The van der Waals surface area contributed by atoms with Gasteiger partial charge < -0.3 is 10.1 Å². The second kappa shape index (κ2) is 6.79. The lowest BCUT2D eigenvalue weighted by atomic mass is 9.85.